The normalized spacial score (nSPS) is 17.9. The lowest BCUT2D eigenvalue weighted by Gasteiger charge is -2.29. The van der Waals surface area contributed by atoms with Crippen molar-refractivity contribution < 1.29 is 13.2 Å². The van der Waals surface area contributed by atoms with E-state index < -0.39 is 15.9 Å². The number of carbonyl (C=O) groups excluding carboxylic acids is 1. The third-order valence-corrected chi connectivity index (χ3v) is 7.21. The third kappa shape index (κ3) is 4.05. The van der Waals surface area contributed by atoms with Crippen LogP contribution in [-0.2, 0) is 14.8 Å². The summed E-state index contributed by atoms with van der Waals surface area (Å²) in [6.45, 7) is 4.16. The van der Waals surface area contributed by atoms with E-state index in [-0.39, 0.29) is 18.0 Å². The molecule has 0 aromatic heterocycles. The minimum absolute atomic E-state index is 0.0207. The van der Waals surface area contributed by atoms with Gasteiger partial charge < -0.3 is 16.0 Å². The average Bonchev–Trinajstić information content (AvgIpc) is 3.26. The Labute approximate surface area is 170 Å². The van der Waals surface area contributed by atoms with Crippen LogP contribution in [0.25, 0.3) is 11.1 Å². The summed E-state index contributed by atoms with van der Waals surface area (Å²) in [5, 5.41) is 3.35. The molecule has 0 saturated carbocycles. The van der Waals surface area contributed by atoms with Crippen LogP contribution in [0.4, 0.5) is 5.69 Å². The second-order valence-corrected chi connectivity index (χ2v) is 9.14. The molecule has 7 nitrogen and oxygen atoms in total. The number of carbonyl (C=O) groups is 1. The van der Waals surface area contributed by atoms with Crippen LogP contribution in [0.3, 0.4) is 0 Å². The lowest BCUT2D eigenvalue weighted by atomic mass is 10.1. The molecule has 0 bridgehead atoms. The number of primary amides is 1. The van der Waals surface area contributed by atoms with E-state index in [2.05, 4.69) is 34.5 Å². The van der Waals surface area contributed by atoms with Crippen molar-refractivity contribution in [2.24, 2.45) is 5.73 Å². The van der Waals surface area contributed by atoms with Crippen LogP contribution in [0.15, 0.2) is 65.1 Å². The smallest absolute Gasteiger partial charge is 0.245 e. The van der Waals surface area contributed by atoms with E-state index in [0.29, 0.717) is 5.57 Å². The Morgan fingerprint density at radius 1 is 0.931 bits per heavy atom. The van der Waals surface area contributed by atoms with Crippen molar-refractivity contribution in [3.63, 3.8) is 0 Å². The van der Waals surface area contributed by atoms with E-state index >= 15 is 0 Å². The molecule has 0 unspecified atom stereocenters. The van der Waals surface area contributed by atoms with Crippen LogP contribution in [0.1, 0.15) is 0 Å². The second kappa shape index (κ2) is 7.98. The van der Waals surface area contributed by atoms with Crippen molar-refractivity contribution in [2.75, 3.05) is 44.2 Å². The molecule has 2 aromatic carbocycles. The van der Waals surface area contributed by atoms with Crippen molar-refractivity contribution in [1.29, 1.82) is 0 Å². The van der Waals surface area contributed by atoms with Gasteiger partial charge in [0.05, 0.1) is 4.90 Å². The van der Waals surface area contributed by atoms with E-state index in [1.165, 1.54) is 9.99 Å². The maximum atomic E-state index is 12.8. The van der Waals surface area contributed by atoms with Gasteiger partial charge in [0, 0.05) is 50.5 Å². The summed E-state index contributed by atoms with van der Waals surface area (Å²) in [6, 6.07) is 15.2. The van der Waals surface area contributed by atoms with E-state index in [0.717, 1.165) is 37.3 Å². The molecule has 3 N–H and O–H groups in total. The van der Waals surface area contributed by atoms with Crippen LogP contribution in [0, 0.1) is 0 Å². The van der Waals surface area contributed by atoms with E-state index in [1.807, 2.05) is 12.1 Å². The zero-order chi connectivity index (χ0) is 20.4. The Morgan fingerprint density at radius 3 is 2.07 bits per heavy atom. The summed E-state index contributed by atoms with van der Waals surface area (Å²) < 4.78 is 26.9. The minimum atomic E-state index is -3.66. The number of rotatable bonds is 5. The van der Waals surface area contributed by atoms with Crippen molar-refractivity contribution in [3.05, 3.63) is 60.2 Å². The Bertz CT molecular complexity index is 1020. The monoisotopic (exact) mass is 412 g/mol. The fraction of sp³-hybridized carbons (Fsp3) is 0.286. The van der Waals surface area contributed by atoms with Gasteiger partial charge in [-0.25, -0.2) is 8.42 Å². The summed E-state index contributed by atoms with van der Waals surface area (Å²) in [6.07, 6.45) is 1.56. The van der Waals surface area contributed by atoms with Gasteiger partial charge in [-0.1, -0.05) is 30.3 Å². The maximum absolute atomic E-state index is 12.8. The van der Waals surface area contributed by atoms with E-state index in [4.69, 9.17) is 5.73 Å². The van der Waals surface area contributed by atoms with Crippen LogP contribution in [0.2, 0.25) is 0 Å². The molecular weight excluding hydrogens is 388 g/mol. The summed E-state index contributed by atoms with van der Waals surface area (Å²) in [5.74, 6) is -0.581. The van der Waals surface area contributed by atoms with Crippen molar-refractivity contribution >= 4 is 21.6 Å². The predicted molar refractivity (Wildman–Crippen MR) is 113 cm³/mol. The fourth-order valence-electron chi connectivity index (χ4n) is 3.65. The number of sulfonamides is 1. The zero-order valence-electron chi connectivity index (χ0n) is 16.0. The van der Waals surface area contributed by atoms with Gasteiger partial charge >= 0.3 is 0 Å². The largest absolute Gasteiger partial charge is 0.369 e. The maximum Gasteiger partial charge on any atom is 0.245 e. The minimum Gasteiger partial charge on any atom is -0.369 e. The van der Waals surface area contributed by atoms with Crippen LogP contribution < -0.4 is 16.0 Å². The molecule has 152 valence electrons. The van der Waals surface area contributed by atoms with E-state index in [9.17, 15) is 13.2 Å². The first-order chi connectivity index (χ1) is 13.9. The number of nitrogens with one attached hydrogen (secondary N) is 1. The number of hydrogen-bond donors (Lipinski definition) is 2. The highest BCUT2D eigenvalue weighted by atomic mass is 32.2. The molecule has 2 aliphatic heterocycles. The molecule has 0 aliphatic carbocycles. The molecule has 8 heteroatoms. The molecule has 1 amide bonds. The lowest BCUT2D eigenvalue weighted by molar-refractivity contribution is -0.114. The number of benzene rings is 2. The Hall–Kier alpha value is -2.68. The summed E-state index contributed by atoms with van der Waals surface area (Å²) in [5.41, 5.74) is 8.76. The Morgan fingerprint density at radius 2 is 1.52 bits per heavy atom. The second-order valence-electron chi connectivity index (χ2n) is 7.20. The van der Waals surface area contributed by atoms with Gasteiger partial charge in [0.25, 0.3) is 0 Å². The molecule has 1 fully saturated rings. The number of nitrogens with two attached hydrogens (primary N) is 1. The average molecular weight is 413 g/mol. The SMILES string of the molecule is NC(=O)C1=CCN(S(=O)(=O)c2ccc(-c3ccc(N4CCNCC4)cc3)cc2)C1. The first-order valence-electron chi connectivity index (χ1n) is 9.60. The summed E-state index contributed by atoms with van der Waals surface area (Å²) in [4.78, 5) is 13.8. The Balaban J connectivity index is 1.48. The van der Waals surface area contributed by atoms with Gasteiger partial charge in [-0.15, -0.1) is 0 Å². The van der Waals surface area contributed by atoms with Crippen molar-refractivity contribution in [1.82, 2.24) is 9.62 Å². The lowest BCUT2D eigenvalue weighted by Crippen LogP contribution is -2.43. The van der Waals surface area contributed by atoms with Crippen LogP contribution in [0.5, 0.6) is 0 Å². The van der Waals surface area contributed by atoms with Gasteiger partial charge in [-0.05, 0) is 35.4 Å². The van der Waals surface area contributed by atoms with Gasteiger partial charge in [-0.2, -0.15) is 4.31 Å². The molecule has 2 heterocycles. The highest BCUT2D eigenvalue weighted by Gasteiger charge is 2.29. The number of anilines is 1. The molecule has 0 atom stereocenters. The molecular formula is C21H24N4O3S. The van der Waals surface area contributed by atoms with E-state index in [1.54, 1.807) is 18.2 Å². The summed E-state index contributed by atoms with van der Waals surface area (Å²) >= 11 is 0. The van der Waals surface area contributed by atoms with Gasteiger partial charge in [-0.3, -0.25) is 4.79 Å². The van der Waals surface area contributed by atoms with Crippen LogP contribution >= 0.6 is 0 Å². The summed E-state index contributed by atoms with van der Waals surface area (Å²) in [7, 11) is -3.66. The van der Waals surface area contributed by atoms with Crippen molar-refractivity contribution in [2.45, 2.75) is 4.90 Å². The molecule has 0 spiro atoms. The Kier molecular flexibility index (Phi) is 5.40. The molecule has 2 aromatic rings. The molecule has 29 heavy (non-hydrogen) atoms. The number of nitrogens with zero attached hydrogens (tertiary/aromatic N) is 2. The fourth-order valence-corrected chi connectivity index (χ4v) is 5.01. The predicted octanol–water partition coefficient (Wildman–Crippen LogP) is 1.18. The highest BCUT2D eigenvalue weighted by Crippen LogP contribution is 2.26. The number of amides is 1. The quantitative estimate of drug-likeness (QED) is 0.769. The van der Waals surface area contributed by atoms with Gasteiger partial charge in [0.1, 0.15) is 0 Å². The zero-order valence-corrected chi connectivity index (χ0v) is 16.9. The number of piperazine rings is 1. The van der Waals surface area contributed by atoms with Gasteiger partial charge in [0.15, 0.2) is 0 Å². The standard InChI is InChI=1S/C21H24N4O3S/c22-21(26)18-9-12-25(15-18)29(27,28)20-7-3-17(4-8-20)16-1-5-19(6-2-16)24-13-10-23-11-14-24/h1-9,23H,10-15H2,(H2,22,26). The van der Waals surface area contributed by atoms with Crippen LogP contribution in [-0.4, -0.2) is 57.9 Å². The topological polar surface area (TPSA) is 95.7 Å². The first kappa shape index (κ1) is 19.6. The van der Waals surface area contributed by atoms with Gasteiger partial charge in [0.2, 0.25) is 15.9 Å². The first-order valence-corrected chi connectivity index (χ1v) is 11.0. The molecule has 0 radical (unpaired) electrons. The molecule has 4 rings (SSSR count). The molecule has 1 saturated heterocycles. The number of hydrogen-bond acceptors (Lipinski definition) is 5. The third-order valence-electron chi connectivity index (χ3n) is 5.38. The van der Waals surface area contributed by atoms with Crippen molar-refractivity contribution in [3.8, 4) is 11.1 Å². The highest BCUT2D eigenvalue weighted by molar-refractivity contribution is 7.89. The molecule has 2 aliphatic rings.